The van der Waals surface area contributed by atoms with Crippen molar-refractivity contribution in [3.05, 3.63) is 57.5 Å². The molecule has 0 saturated heterocycles. The van der Waals surface area contributed by atoms with Gasteiger partial charge in [-0.2, -0.15) is 0 Å². The lowest BCUT2D eigenvalue weighted by atomic mass is 10.2. The van der Waals surface area contributed by atoms with Gasteiger partial charge in [-0.15, -0.1) is 0 Å². The van der Waals surface area contributed by atoms with Crippen LogP contribution >= 0.6 is 27.5 Å². The lowest BCUT2D eigenvalue weighted by Gasteiger charge is -2.08. The number of ether oxygens (including phenoxy) is 1. The molecule has 0 aliphatic rings. The minimum atomic E-state index is -0.0611. The Morgan fingerprint density at radius 2 is 1.89 bits per heavy atom. The molecule has 2 rings (SSSR count). The maximum absolute atomic E-state index is 7.34. The van der Waals surface area contributed by atoms with Crippen molar-refractivity contribution in [1.82, 2.24) is 0 Å². The number of hydrogen-bond donors (Lipinski definition) is 2. The molecule has 0 bridgehead atoms. The largest absolute Gasteiger partial charge is 0.457 e. The Morgan fingerprint density at radius 1 is 1.17 bits per heavy atom. The van der Waals surface area contributed by atoms with Crippen LogP contribution in [0.5, 0.6) is 11.5 Å². The minimum Gasteiger partial charge on any atom is -0.457 e. The number of nitrogens with one attached hydrogen (secondary N) is 1. The molecule has 0 fully saturated rings. The van der Waals surface area contributed by atoms with Gasteiger partial charge in [-0.1, -0.05) is 33.6 Å². The summed E-state index contributed by atoms with van der Waals surface area (Å²) in [6, 6.07) is 12.5. The summed E-state index contributed by atoms with van der Waals surface area (Å²) in [4.78, 5) is 0. The van der Waals surface area contributed by atoms with Gasteiger partial charge in [-0.05, 0) is 30.3 Å². The molecule has 0 radical (unpaired) electrons. The molecule has 0 heterocycles. The first-order valence-electron chi connectivity index (χ1n) is 5.13. The van der Waals surface area contributed by atoms with E-state index in [1.807, 2.05) is 24.3 Å². The maximum Gasteiger partial charge on any atom is 0.128 e. The van der Waals surface area contributed by atoms with E-state index in [1.54, 1.807) is 18.2 Å². The highest BCUT2D eigenvalue weighted by atomic mass is 79.9. The van der Waals surface area contributed by atoms with Crippen molar-refractivity contribution in [2.24, 2.45) is 5.73 Å². The molecule has 2 aromatic rings. The van der Waals surface area contributed by atoms with Crippen LogP contribution in [-0.4, -0.2) is 5.84 Å². The molecule has 2 aromatic carbocycles. The van der Waals surface area contributed by atoms with E-state index < -0.39 is 0 Å². The molecule has 92 valence electrons. The van der Waals surface area contributed by atoms with E-state index >= 15 is 0 Å². The van der Waals surface area contributed by atoms with Gasteiger partial charge < -0.3 is 10.5 Å². The van der Waals surface area contributed by atoms with Gasteiger partial charge in [0.25, 0.3) is 0 Å². The molecule has 0 saturated carbocycles. The van der Waals surface area contributed by atoms with Crippen molar-refractivity contribution in [2.45, 2.75) is 0 Å². The molecule has 0 amide bonds. The second kappa shape index (κ2) is 5.42. The average Bonchev–Trinajstić information content (AvgIpc) is 2.28. The molecule has 0 aliphatic heterocycles. The summed E-state index contributed by atoms with van der Waals surface area (Å²) >= 11 is 9.38. The highest BCUT2D eigenvalue weighted by molar-refractivity contribution is 9.10. The lowest BCUT2D eigenvalue weighted by Crippen LogP contribution is -2.11. The van der Waals surface area contributed by atoms with E-state index in [9.17, 15) is 0 Å². The van der Waals surface area contributed by atoms with Crippen molar-refractivity contribution in [1.29, 1.82) is 5.41 Å². The molecule has 0 aliphatic carbocycles. The van der Waals surface area contributed by atoms with Gasteiger partial charge in [0.15, 0.2) is 0 Å². The normalized spacial score (nSPS) is 10.1. The first-order valence-corrected chi connectivity index (χ1v) is 6.31. The first-order chi connectivity index (χ1) is 8.56. The average molecular weight is 326 g/mol. The van der Waals surface area contributed by atoms with Crippen LogP contribution in [0.15, 0.2) is 46.9 Å². The summed E-state index contributed by atoms with van der Waals surface area (Å²) in [7, 11) is 0. The van der Waals surface area contributed by atoms with Crippen molar-refractivity contribution < 1.29 is 4.74 Å². The molecule has 3 N–H and O–H groups in total. The van der Waals surface area contributed by atoms with Gasteiger partial charge >= 0.3 is 0 Å². The summed E-state index contributed by atoms with van der Waals surface area (Å²) in [6.07, 6.45) is 0. The second-order valence-corrected chi connectivity index (χ2v) is 4.94. The molecular weight excluding hydrogens is 316 g/mol. The van der Waals surface area contributed by atoms with Crippen LogP contribution in [0.2, 0.25) is 5.02 Å². The number of hydrogen-bond acceptors (Lipinski definition) is 2. The van der Waals surface area contributed by atoms with E-state index in [2.05, 4.69) is 15.9 Å². The summed E-state index contributed by atoms with van der Waals surface area (Å²) in [5, 5.41) is 7.74. The summed E-state index contributed by atoms with van der Waals surface area (Å²) in [5.74, 6) is 1.24. The third-order valence-electron chi connectivity index (χ3n) is 2.26. The highest BCUT2D eigenvalue weighted by Gasteiger charge is 2.06. The summed E-state index contributed by atoms with van der Waals surface area (Å²) < 4.78 is 6.59. The maximum atomic E-state index is 7.34. The second-order valence-electron chi connectivity index (χ2n) is 3.61. The molecule has 0 unspecified atom stereocenters. The zero-order chi connectivity index (χ0) is 13.1. The Labute approximate surface area is 118 Å². The van der Waals surface area contributed by atoms with Gasteiger partial charge in [0, 0.05) is 16.1 Å². The molecular formula is C13H10BrClN2O. The smallest absolute Gasteiger partial charge is 0.128 e. The highest BCUT2D eigenvalue weighted by Crippen LogP contribution is 2.28. The van der Waals surface area contributed by atoms with E-state index in [4.69, 9.17) is 27.5 Å². The standard InChI is InChI=1S/C13H10BrClN2O/c14-8-2-1-3-9(6-8)18-10-4-5-11(13(16)17)12(15)7-10/h1-7H,(H3,16,17). The monoisotopic (exact) mass is 324 g/mol. The zero-order valence-electron chi connectivity index (χ0n) is 9.28. The van der Waals surface area contributed by atoms with Crippen LogP contribution < -0.4 is 10.5 Å². The van der Waals surface area contributed by atoms with Crippen molar-refractivity contribution in [3.8, 4) is 11.5 Å². The van der Waals surface area contributed by atoms with E-state index in [0.717, 1.165) is 4.47 Å². The number of nitrogens with two attached hydrogens (primary N) is 1. The van der Waals surface area contributed by atoms with Gasteiger partial charge in [-0.25, -0.2) is 0 Å². The lowest BCUT2D eigenvalue weighted by molar-refractivity contribution is 0.482. The molecule has 5 heteroatoms. The van der Waals surface area contributed by atoms with Crippen molar-refractivity contribution in [3.63, 3.8) is 0 Å². The number of halogens is 2. The summed E-state index contributed by atoms with van der Waals surface area (Å²) in [6.45, 7) is 0. The van der Waals surface area contributed by atoms with Crippen LogP contribution in [-0.2, 0) is 0 Å². The van der Waals surface area contributed by atoms with Crippen molar-refractivity contribution >= 4 is 33.4 Å². The number of amidine groups is 1. The van der Waals surface area contributed by atoms with Crippen LogP contribution in [0.4, 0.5) is 0 Å². The fraction of sp³-hybridized carbons (Fsp3) is 0. The minimum absolute atomic E-state index is 0.0611. The SMILES string of the molecule is N=C(N)c1ccc(Oc2cccc(Br)c2)cc1Cl. The first kappa shape index (κ1) is 12.9. The van der Waals surface area contributed by atoms with Crippen molar-refractivity contribution in [2.75, 3.05) is 0 Å². The fourth-order valence-electron chi connectivity index (χ4n) is 1.44. The number of nitrogen functional groups attached to an aromatic ring is 1. The topological polar surface area (TPSA) is 59.1 Å². The Balaban J connectivity index is 2.25. The Bertz CT molecular complexity index is 601. The van der Waals surface area contributed by atoms with Gasteiger partial charge in [0.1, 0.15) is 17.3 Å². The number of rotatable bonds is 3. The van der Waals surface area contributed by atoms with Crippen LogP contribution in [0.3, 0.4) is 0 Å². The van der Waals surface area contributed by atoms with Gasteiger partial charge in [0.05, 0.1) is 5.02 Å². The van der Waals surface area contributed by atoms with Crippen LogP contribution in [0, 0.1) is 5.41 Å². The fourth-order valence-corrected chi connectivity index (χ4v) is 2.09. The molecule has 0 spiro atoms. The Morgan fingerprint density at radius 3 is 2.50 bits per heavy atom. The number of benzene rings is 2. The molecule has 18 heavy (non-hydrogen) atoms. The molecule has 0 aromatic heterocycles. The quantitative estimate of drug-likeness (QED) is 0.657. The van der Waals surface area contributed by atoms with Crippen LogP contribution in [0.25, 0.3) is 0 Å². The third kappa shape index (κ3) is 3.03. The predicted octanol–water partition coefficient (Wildman–Crippen LogP) is 4.18. The van der Waals surface area contributed by atoms with E-state index in [1.165, 1.54) is 0 Å². The van der Waals surface area contributed by atoms with E-state index in [0.29, 0.717) is 22.1 Å². The van der Waals surface area contributed by atoms with Crippen LogP contribution in [0.1, 0.15) is 5.56 Å². The van der Waals surface area contributed by atoms with Gasteiger partial charge in [0.2, 0.25) is 0 Å². The molecule has 3 nitrogen and oxygen atoms in total. The molecule has 0 atom stereocenters. The predicted molar refractivity (Wildman–Crippen MR) is 76.7 cm³/mol. The Kier molecular flexibility index (Phi) is 3.89. The van der Waals surface area contributed by atoms with Gasteiger partial charge in [-0.3, -0.25) is 5.41 Å². The third-order valence-corrected chi connectivity index (χ3v) is 3.07. The Hall–Kier alpha value is -1.52. The zero-order valence-corrected chi connectivity index (χ0v) is 11.6. The summed E-state index contributed by atoms with van der Waals surface area (Å²) in [5.41, 5.74) is 5.89. The van der Waals surface area contributed by atoms with E-state index in [-0.39, 0.29) is 5.84 Å².